The quantitative estimate of drug-likeness (QED) is 0.499. The molecular weight excluding hydrogens is 150 g/mol. The summed E-state index contributed by atoms with van der Waals surface area (Å²) in [7, 11) is 0. The Hall–Kier alpha value is -0.970. The van der Waals surface area contributed by atoms with Gasteiger partial charge in [-0.05, 0) is 27.2 Å². The van der Waals surface area contributed by atoms with Gasteiger partial charge in [-0.3, -0.25) is 9.69 Å². The van der Waals surface area contributed by atoms with Crippen molar-refractivity contribution in [2.24, 2.45) is 5.41 Å². The number of hydrogen-bond acceptors (Lipinski definition) is 1. The molecular formula is C10H15NO. The molecule has 0 aliphatic carbocycles. The number of carbonyl (C=O) groups is 1. The first kappa shape index (κ1) is 9.12. The van der Waals surface area contributed by atoms with Crippen LogP contribution in [0.15, 0.2) is 0 Å². The van der Waals surface area contributed by atoms with Crippen molar-refractivity contribution >= 4 is 5.91 Å². The lowest BCUT2D eigenvalue weighted by Crippen LogP contribution is -2.19. The Bertz CT molecular complexity index is 239. The predicted octanol–water partition coefficient (Wildman–Crippen LogP) is 1.62. The second kappa shape index (κ2) is 3.18. The predicted molar refractivity (Wildman–Crippen MR) is 48.2 cm³/mol. The van der Waals surface area contributed by atoms with Gasteiger partial charge in [-0.25, -0.2) is 0 Å². The number of rotatable bonds is 0. The van der Waals surface area contributed by atoms with E-state index in [0.29, 0.717) is 6.42 Å². The summed E-state index contributed by atoms with van der Waals surface area (Å²) in [5.41, 5.74) is -0.0110. The molecule has 0 spiro atoms. The van der Waals surface area contributed by atoms with Gasteiger partial charge < -0.3 is 0 Å². The highest BCUT2D eigenvalue weighted by atomic mass is 16.2. The van der Waals surface area contributed by atoms with Crippen LogP contribution in [0.2, 0.25) is 0 Å². The average Bonchev–Trinajstić information content (AvgIpc) is 2.29. The molecule has 0 saturated carbocycles. The minimum Gasteiger partial charge on any atom is -0.274 e. The SMILES string of the molecule is CC(C)(C)C#CN1CCCC1=O. The van der Waals surface area contributed by atoms with Crippen LogP contribution in [0.4, 0.5) is 0 Å². The molecule has 66 valence electrons. The van der Waals surface area contributed by atoms with Crippen LogP contribution in [0, 0.1) is 17.4 Å². The van der Waals surface area contributed by atoms with Crippen molar-refractivity contribution < 1.29 is 4.79 Å². The van der Waals surface area contributed by atoms with Gasteiger partial charge in [-0.2, -0.15) is 0 Å². The lowest BCUT2D eigenvalue weighted by molar-refractivity contribution is -0.125. The van der Waals surface area contributed by atoms with Gasteiger partial charge in [0.15, 0.2) is 0 Å². The monoisotopic (exact) mass is 165 g/mol. The number of amides is 1. The second-order valence-corrected chi connectivity index (χ2v) is 4.14. The van der Waals surface area contributed by atoms with E-state index in [9.17, 15) is 4.79 Å². The Labute approximate surface area is 73.9 Å². The zero-order valence-corrected chi connectivity index (χ0v) is 7.98. The van der Waals surface area contributed by atoms with Crippen LogP contribution in [0.3, 0.4) is 0 Å². The van der Waals surface area contributed by atoms with Gasteiger partial charge >= 0.3 is 0 Å². The van der Waals surface area contributed by atoms with E-state index in [4.69, 9.17) is 0 Å². The molecule has 1 rings (SSSR count). The molecule has 0 aromatic carbocycles. The molecule has 1 saturated heterocycles. The summed E-state index contributed by atoms with van der Waals surface area (Å²) in [6.07, 6.45) is 1.62. The number of carbonyl (C=O) groups excluding carboxylic acids is 1. The molecule has 1 amide bonds. The lowest BCUT2D eigenvalue weighted by Gasteiger charge is -2.09. The molecule has 1 aliphatic heterocycles. The molecule has 2 nitrogen and oxygen atoms in total. The molecule has 0 unspecified atom stereocenters. The molecule has 2 heteroatoms. The van der Waals surface area contributed by atoms with Gasteiger partial charge in [0.05, 0.1) is 0 Å². The van der Waals surface area contributed by atoms with E-state index in [1.807, 2.05) is 20.8 Å². The third-order valence-electron chi connectivity index (χ3n) is 1.64. The highest BCUT2D eigenvalue weighted by molar-refractivity contribution is 5.79. The zero-order chi connectivity index (χ0) is 9.19. The largest absolute Gasteiger partial charge is 0.274 e. The Morgan fingerprint density at radius 3 is 2.50 bits per heavy atom. The molecule has 0 N–H and O–H groups in total. The summed E-state index contributed by atoms with van der Waals surface area (Å²) >= 11 is 0. The maximum Gasteiger partial charge on any atom is 0.234 e. The summed E-state index contributed by atoms with van der Waals surface area (Å²) in [5, 5.41) is 0. The maximum absolute atomic E-state index is 11.1. The Morgan fingerprint density at radius 1 is 1.42 bits per heavy atom. The standard InChI is InChI=1S/C10H15NO/c1-10(2,3)6-8-11-7-4-5-9(11)12/h4-5,7H2,1-3H3. The normalized spacial score (nSPS) is 17.6. The van der Waals surface area contributed by atoms with Crippen LogP contribution in [-0.2, 0) is 4.79 Å². The average molecular weight is 165 g/mol. The summed E-state index contributed by atoms with van der Waals surface area (Å²) in [6, 6.07) is 2.91. The van der Waals surface area contributed by atoms with Crippen molar-refractivity contribution in [2.45, 2.75) is 33.6 Å². The first-order valence-electron chi connectivity index (χ1n) is 4.32. The zero-order valence-electron chi connectivity index (χ0n) is 7.98. The van der Waals surface area contributed by atoms with Gasteiger partial charge in [0, 0.05) is 24.4 Å². The van der Waals surface area contributed by atoms with Gasteiger partial charge in [0.1, 0.15) is 0 Å². The Morgan fingerprint density at radius 2 is 2.08 bits per heavy atom. The minimum absolute atomic E-state index is 0.0110. The number of hydrogen-bond donors (Lipinski definition) is 0. The summed E-state index contributed by atoms with van der Waals surface area (Å²) in [4.78, 5) is 12.7. The third-order valence-corrected chi connectivity index (χ3v) is 1.64. The van der Waals surface area contributed by atoms with Gasteiger partial charge in [0.2, 0.25) is 5.91 Å². The second-order valence-electron chi connectivity index (χ2n) is 4.14. The minimum atomic E-state index is -0.0110. The highest BCUT2D eigenvalue weighted by Crippen LogP contribution is 2.12. The van der Waals surface area contributed by atoms with Crippen LogP contribution in [-0.4, -0.2) is 17.4 Å². The van der Waals surface area contributed by atoms with Crippen LogP contribution in [0.25, 0.3) is 0 Å². The van der Waals surface area contributed by atoms with E-state index in [-0.39, 0.29) is 11.3 Å². The van der Waals surface area contributed by atoms with Crippen LogP contribution in [0.5, 0.6) is 0 Å². The van der Waals surface area contributed by atoms with E-state index >= 15 is 0 Å². The first-order valence-corrected chi connectivity index (χ1v) is 4.32. The third kappa shape index (κ3) is 2.58. The van der Waals surface area contributed by atoms with E-state index in [2.05, 4.69) is 12.0 Å². The fourth-order valence-corrected chi connectivity index (χ4v) is 1.00. The molecule has 1 fully saturated rings. The summed E-state index contributed by atoms with van der Waals surface area (Å²) < 4.78 is 0. The van der Waals surface area contributed by atoms with E-state index in [1.54, 1.807) is 4.90 Å². The van der Waals surface area contributed by atoms with Gasteiger partial charge in [-0.1, -0.05) is 5.92 Å². The maximum atomic E-state index is 11.1. The van der Waals surface area contributed by atoms with Gasteiger partial charge in [0.25, 0.3) is 0 Å². The molecule has 12 heavy (non-hydrogen) atoms. The summed E-state index contributed by atoms with van der Waals surface area (Å²) in [6.45, 7) is 6.93. The van der Waals surface area contributed by atoms with Crippen molar-refractivity contribution in [1.29, 1.82) is 0 Å². The van der Waals surface area contributed by atoms with Crippen molar-refractivity contribution in [3.8, 4) is 12.0 Å². The van der Waals surface area contributed by atoms with Crippen LogP contribution in [0.1, 0.15) is 33.6 Å². The smallest absolute Gasteiger partial charge is 0.234 e. The molecule has 1 heterocycles. The highest BCUT2D eigenvalue weighted by Gasteiger charge is 2.18. The van der Waals surface area contributed by atoms with E-state index in [1.165, 1.54) is 0 Å². The number of nitrogens with zero attached hydrogens (tertiary/aromatic N) is 1. The molecule has 0 radical (unpaired) electrons. The van der Waals surface area contributed by atoms with Crippen molar-refractivity contribution in [3.63, 3.8) is 0 Å². The molecule has 0 atom stereocenters. The fraction of sp³-hybridized carbons (Fsp3) is 0.700. The molecule has 1 aliphatic rings. The van der Waals surface area contributed by atoms with E-state index < -0.39 is 0 Å². The molecule has 0 aromatic rings. The molecule has 0 bridgehead atoms. The number of likely N-dealkylation sites (tertiary alicyclic amines) is 1. The lowest BCUT2D eigenvalue weighted by atomic mass is 9.99. The van der Waals surface area contributed by atoms with Gasteiger partial charge in [-0.15, -0.1) is 0 Å². The van der Waals surface area contributed by atoms with Crippen molar-refractivity contribution in [2.75, 3.05) is 6.54 Å². The Balaban J connectivity index is 2.59. The first-order chi connectivity index (χ1) is 5.49. The van der Waals surface area contributed by atoms with Crippen LogP contribution < -0.4 is 0 Å². The molecule has 0 aromatic heterocycles. The van der Waals surface area contributed by atoms with Crippen LogP contribution >= 0.6 is 0 Å². The Kier molecular flexibility index (Phi) is 2.42. The van der Waals surface area contributed by atoms with Crippen molar-refractivity contribution in [3.05, 3.63) is 0 Å². The summed E-state index contributed by atoms with van der Waals surface area (Å²) in [5.74, 6) is 3.22. The van der Waals surface area contributed by atoms with Crippen molar-refractivity contribution in [1.82, 2.24) is 4.90 Å². The van der Waals surface area contributed by atoms with E-state index in [0.717, 1.165) is 13.0 Å². The topological polar surface area (TPSA) is 20.3 Å². The fourth-order valence-electron chi connectivity index (χ4n) is 1.00.